The van der Waals surface area contributed by atoms with Crippen LogP contribution in [-0.4, -0.2) is 18.4 Å². The lowest BCUT2D eigenvalue weighted by atomic mass is 10.0. The first-order chi connectivity index (χ1) is 11.6. The molecule has 1 aliphatic heterocycles. The molecule has 0 aromatic heterocycles. The van der Waals surface area contributed by atoms with Crippen molar-refractivity contribution in [3.8, 4) is 0 Å². The number of fused-ring (bicyclic) bond motifs is 1. The predicted molar refractivity (Wildman–Crippen MR) is 95.0 cm³/mol. The fourth-order valence-electron chi connectivity index (χ4n) is 2.92. The van der Waals surface area contributed by atoms with Crippen LogP contribution < -0.4 is 10.2 Å². The number of nitrogens with zero attached hydrogens (tertiary/aromatic N) is 1. The van der Waals surface area contributed by atoms with Crippen molar-refractivity contribution in [1.82, 2.24) is 5.32 Å². The molecule has 2 aromatic carbocycles. The molecule has 3 rings (SSSR count). The molecule has 2 aromatic rings. The average molecular weight is 343 g/mol. The summed E-state index contributed by atoms with van der Waals surface area (Å²) in [5.41, 5.74) is 2.92. The second-order valence-electron chi connectivity index (χ2n) is 5.82. The summed E-state index contributed by atoms with van der Waals surface area (Å²) in [6, 6.07) is 15.2. The number of carbonyl (C=O) groups is 2. The standard InChI is InChI=1S/C19H19ClN2O2/c20-16-9-3-1-7-15(16)13-21-18(23)12-19(24)22-11-5-8-14-6-2-4-10-17(14)22/h1-4,6-7,9-10H,5,8,11-13H2,(H,21,23). The number of hydrogen-bond acceptors (Lipinski definition) is 2. The van der Waals surface area contributed by atoms with Crippen molar-refractivity contribution in [1.29, 1.82) is 0 Å². The Morgan fingerprint density at radius 1 is 1.08 bits per heavy atom. The molecule has 1 heterocycles. The lowest BCUT2D eigenvalue weighted by Gasteiger charge is -2.29. The summed E-state index contributed by atoms with van der Waals surface area (Å²) in [5, 5.41) is 3.37. The third-order valence-electron chi connectivity index (χ3n) is 4.16. The quantitative estimate of drug-likeness (QED) is 0.866. The van der Waals surface area contributed by atoms with Crippen LogP contribution in [0.5, 0.6) is 0 Å². The SMILES string of the molecule is O=C(CC(=O)N1CCCc2ccccc21)NCc1ccccc1Cl. The summed E-state index contributed by atoms with van der Waals surface area (Å²) in [7, 11) is 0. The highest BCUT2D eigenvalue weighted by atomic mass is 35.5. The van der Waals surface area contributed by atoms with E-state index in [-0.39, 0.29) is 18.2 Å². The van der Waals surface area contributed by atoms with Gasteiger partial charge in [0.1, 0.15) is 6.42 Å². The molecule has 0 unspecified atom stereocenters. The second-order valence-corrected chi connectivity index (χ2v) is 6.23. The monoisotopic (exact) mass is 342 g/mol. The van der Waals surface area contributed by atoms with E-state index in [1.54, 1.807) is 11.0 Å². The van der Waals surface area contributed by atoms with Gasteiger partial charge in [-0.3, -0.25) is 9.59 Å². The average Bonchev–Trinajstić information content (AvgIpc) is 2.60. The van der Waals surface area contributed by atoms with E-state index in [1.165, 1.54) is 0 Å². The Morgan fingerprint density at radius 3 is 2.67 bits per heavy atom. The van der Waals surface area contributed by atoms with Crippen LogP contribution in [0.25, 0.3) is 0 Å². The molecule has 124 valence electrons. The topological polar surface area (TPSA) is 49.4 Å². The molecule has 0 atom stereocenters. The van der Waals surface area contributed by atoms with Gasteiger partial charge in [-0.2, -0.15) is 0 Å². The highest BCUT2D eigenvalue weighted by molar-refractivity contribution is 6.31. The number of carbonyl (C=O) groups excluding carboxylic acids is 2. The normalized spacial score (nSPS) is 13.3. The molecular weight excluding hydrogens is 324 g/mol. The van der Waals surface area contributed by atoms with Crippen LogP contribution in [0.2, 0.25) is 5.02 Å². The van der Waals surface area contributed by atoms with Gasteiger partial charge in [0.25, 0.3) is 0 Å². The van der Waals surface area contributed by atoms with Gasteiger partial charge in [-0.1, -0.05) is 48.0 Å². The number of rotatable bonds is 4. The molecule has 2 amide bonds. The Labute approximate surface area is 146 Å². The molecule has 24 heavy (non-hydrogen) atoms. The van der Waals surface area contributed by atoms with E-state index in [0.29, 0.717) is 18.1 Å². The first-order valence-electron chi connectivity index (χ1n) is 8.03. The van der Waals surface area contributed by atoms with E-state index < -0.39 is 0 Å². The highest BCUT2D eigenvalue weighted by Crippen LogP contribution is 2.27. The zero-order valence-corrected chi connectivity index (χ0v) is 14.1. The summed E-state index contributed by atoms with van der Waals surface area (Å²) >= 11 is 6.06. The number of anilines is 1. The van der Waals surface area contributed by atoms with E-state index in [1.807, 2.05) is 42.5 Å². The maximum Gasteiger partial charge on any atom is 0.236 e. The lowest BCUT2D eigenvalue weighted by molar-refractivity contribution is -0.128. The molecule has 0 saturated heterocycles. The van der Waals surface area contributed by atoms with Crippen molar-refractivity contribution in [2.45, 2.75) is 25.8 Å². The van der Waals surface area contributed by atoms with Crippen molar-refractivity contribution in [3.05, 3.63) is 64.7 Å². The Kier molecular flexibility index (Phi) is 5.16. The van der Waals surface area contributed by atoms with Gasteiger partial charge in [0.2, 0.25) is 11.8 Å². The van der Waals surface area contributed by atoms with Crippen molar-refractivity contribution < 1.29 is 9.59 Å². The molecule has 0 saturated carbocycles. The largest absolute Gasteiger partial charge is 0.352 e. The van der Waals surface area contributed by atoms with E-state index >= 15 is 0 Å². The first-order valence-corrected chi connectivity index (χ1v) is 8.41. The Bertz CT molecular complexity index is 761. The highest BCUT2D eigenvalue weighted by Gasteiger charge is 2.23. The number of hydrogen-bond donors (Lipinski definition) is 1. The van der Waals surface area contributed by atoms with Gasteiger partial charge in [-0.25, -0.2) is 0 Å². The van der Waals surface area contributed by atoms with E-state index in [2.05, 4.69) is 5.32 Å². The molecule has 5 heteroatoms. The molecule has 1 N–H and O–H groups in total. The molecule has 0 aliphatic carbocycles. The summed E-state index contributed by atoms with van der Waals surface area (Å²) in [6.45, 7) is 0.982. The van der Waals surface area contributed by atoms with E-state index in [4.69, 9.17) is 11.6 Å². The molecule has 0 spiro atoms. The molecule has 4 nitrogen and oxygen atoms in total. The minimum atomic E-state index is -0.289. The minimum Gasteiger partial charge on any atom is -0.352 e. The number of nitrogens with one attached hydrogen (secondary N) is 1. The lowest BCUT2D eigenvalue weighted by Crippen LogP contribution is -2.38. The number of amides is 2. The molecular formula is C19H19ClN2O2. The van der Waals surface area contributed by atoms with Gasteiger partial charge in [0, 0.05) is 23.8 Å². The third kappa shape index (κ3) is 3.77. The van der Waals surface area contributed by atoms with Crippen LogP contribution in [0.1, 0.15) is 24.0 Å². The van der Waals surface area contributed by atoms with Crippen molar-refractivity contribution >= 4 is 29.1 Å². The number of halogens is 1. The van der Waals surface area contributed by atoms with Crippen LogP contribution in [0, 0.1) is 0 Å². The Hall–Kier alpha value is -2.33. The maximum atomic E-state index is 12.5. The zero-order chi connectivity index (χ0) is 16.9. The summed E-state index contributed by atoms with van der Waals surface area (Å²) in [4.78, 5) is 26.3. The van der Waals surface area contributed by atoms with Crippen LogP contribution in [-0.2, 0) is 22.6 Å². The van der Waals surface area contributed by atoms with Crippen molar-refractivity contribution in [3.63, 3.8) is 0 Å². The van der Waals surface area contributed by atoms with Crippen molar-refractivity contribution in [2.24, 2.45) is 0 Å². The Balaban J connectivity index is 1.59. The number of para-hydroxylation sites is 1. The minimum absolute atomic E-state index is 0.154. The summed E-state index contributed by atoms with van der Waals surface area (Å²) in [5.74, 6) is -0.457. The predicted octanol–water partition coefficient (Wildman–Crippen LogP) is 3.33. The molecule has 0 radical (unpaired) electrons. The maximum absolute atomic E-state index is 12.5. The van der Waals surface area contributed by atoms with Crippen LogP contribution in [0.4, 0.5) is 5.69 Å². The van der Waals surface area contributed by atoms with Gasteiger partial charge >= 0.3 is 0 Å². The second kappa shape index (κ2) is 7.49. The van der Waals surface area contributed by atoms with Gasteiger partial charge in [0.15, 0.2) is 0 Å². The van der Waals surface area contributed by atoms with Gasteiger partial charge in [-0.15, -0.1) is 0 Å². The number of aryl methyl sites for hydroxylation is 1. The van der Waals surface area contributed by atoms with Gasteiger partial charge in [0.05, 0.1) is 0 Å². The summed E-state index contributed by atoms with van der Waals surface area (Å²) in [6.07, 6.45) is 1.74. The summed E-state index contributed by atoms with van der Waals surface area (Å²) < 4.78 is 0. The number of benzene rings is 2. The Morgan fingerprint density at radius 2 is 1.83 bits per heavy atom. The molecule has 0 fully saturated rings. The first kappa shape index (κ1) is 16.5. The van der Waals surface area contributed by atoms with Crippen molar-refractivity contribution in [2.75, 3.05) is 11.4 Å². The van der Waals surface area contributed by atoms with Crippen LogP contribution in [0.15, 0.2) is 48.5 Å². The third-order valence-corrected chi connectivity index (χ3v) is 4.53. The van der Waals surface area contributed by atoms with Gasteiger partial charge < -0.3 is 10.2 Å². The smallest absolute Gasteiger partial charge is 0.236 e. The van der Waals surface area contributed by atoms with E-state index in [0.717, 1.165) is 29.7 Å². The van der Waals surface area contributed by atoms with E-state index in [9.17, 15) is 9.59 Å². The zero-order valence-electron chi connectivity index (χ0n) is 13.3. The molecule has 1 aliphatic rings. The van der Waals surface area contributed by atoms with Crippen LogP contribution in [0.3, 0.4) is 0 Å². The fraction of sp³-hybridized carbons (Fsp3) is 0.263. The van der Waals surface area contributed by atoms with Crippen LogP contribution >= 0.6 is 11.6 Å². The van der Waals surface area contributed by atoms with Gasteiger partial charge in [-0.05, 0) is 36.1 Å². The molecule has 0 bridgehead atoms. The fourth-order valence-corrected chi connectivity index (χ4v) is 3.13.